The summed E-state index contributed by atoms with van der Waals surface area (Å²) in [6.07, 6.45) is 7.45. The lowest BCUT2D eigenvalue weighted by atomic mass is 10.1. The second-order valence-corrected chi connectivity index (χ2v) is 6.87. The molecule has 1 aliphatic rings. The lowest BCUT2D eigenvalue weighted by molar-refractivity contribution is 0.144. The number of imidazole rings is 1. The van der Waals surface area contributed by atoms with Gasteiger partial charge in [0.1, 0.15) is 18.2 Å². The van der Waals surface area contributed by atoms with Crippen LogP contribution in [0.1, 0.15) is 23.0 Å². The highest BCUT2D eigenvalue weighted by Crippen LogP contribution is 2.23. The molecule has 1 atom stereocenters. The second-order valence-electron chi connectivity index (χ2n) is 6.87. The van der Waals surface area contributed by atoms with Crippen molar-refractivity contribution in [2.75, 3.05) is 19.6 Å². The van der Waals surface area contributed by atoms with Gasteiger partial charge < -0.3 is 14.6 Å². The molecule has 3 heterocycles. The summed E-state index contributed by atoms with van der Waals surface area (Å²) in [6.45, 7) is 4.41. The first-order valence-corrected chi connectivity index (χ1v) is 9.32. The molecule has 2 aromatic heterocycles. The molecule has 1 N–H and O–H groups in total. The van der Waals surface area contributed by atoms with E-state index < -0.39 is 0 Å². The van der Waals surface area contributed by atoms with Gasteiger partial charge in [-0.05, 0) is 35.4 Å². The maximum absolute atomic E-state index is 5.87. The minimum absolute atomic E-state index is 0.293. The van der Waals surface area contributed by atoms with Crippen molar-refractivity contribution in [1.82, 2.24) is 24.8 Å². The zero-order valence-electron chi connectivity index (χ0n) is 15.6. The molecule has 6 heteroatoms. The Morgan fingerprint density at radius 2 is 1.89 bits per heavy atom. The Hall–Kier alpha value is -2.70. The molecular formula is C21H25N5O. The monoisotopic (exact) mass is 363 g/mol. The first-order valence-electron chi connectivity index (χ1n) is 9.32. The van der Waals surface area contributed by atoms with E-state index >= 15 is 0 Å². The number of rotatable bonds is 6. The van der Waals surface area contributed by atoms with Crippen LogP contribution < -0.4 is 10.1 Å². The zero-order valence-corrected chi connectivity index (χ0v) is 15.6. The fourth-order valence-electron chi connectivity index (χ4n) is 3.46. The van der Waals surface area contributed by atoms with Gasteiger partial charge in [0.25, 0.3) is 0 Å². The largest absolute Gasteiger partial charge is 0.489 e. The highest BCUT2D eigenvalue weighted by Gasteiger charge is 2.26. The number of hydrogen-bond donors (Lipinski definition) is 1. The maximum Gasteiger partial charge on any atom is 0.127 e. The molecule has 27 heavy (non-hydrogen) atoms. The summed E-state index contributed by atoms with van der Waals surface area (Å²) >= 11 is 0. The number of ether oxygens (including phenoxy) is 1. The summed E-state index contributed by atoms with van der Waals surface area (Å²) in [6, 6.07) is 12.6. The molecule has 1 unspecified atom stereocenters. The second kappa shape index (κ2) is 8.33. The molecule has 1 aliphatic heterocycles. The fraction of sp³-hybridized carbons (Fsp3) is 0.333. The lowest BCUT2D eigenvalue weighted by Crippen LogP contribution is -2.46. The zero-order chi connectivity index (χ0) is 18.5. The summed E-state index contributed by atoms with van der Waals surface area (Å²) in [5, 5.41) is 3.49. The van der Waals surface area contributed by atoms with Crippen LogP contribution in [0.5, 0.6) is 5.75 Å². The van der Waals surface area contributed by atoms with Crippen molar-refractivity contribution in [3.63, 3.8) is 0 Å². The van der Waals surface area contributed by atoms with E-state index in [0.29, 0.717) is 12.6 Å². The highest BCUT2D eigenvalue weighted by molar-refractivity contribution is 5.28. The first kappa shape index (κ1) is 17.7. The van der Waals surface area contributed by atoms with Gasteiger partial charge in [0.05, 0.1) is 6.04 Å². The van der Waals surface area contributed by atoms with Crippen molar-refractivity contribution < 1.29 is 4.74 Å². The van der Waals surface area contributed by atoms with E-state index in [4.69, 9.17) is 4.74 Å². The summed E-state index contributed by atoms with van der Waals surface area (Å²) in [4.78, 5) is 11.1. The van der Waals surface area contributed by atoms with E-state index in [-0.39, 0.29) is 0 Å². The van der Waals surface area contributed by atoms with E-state index in [1.54, 1.807) is 12.4 Å². The molecule has 1 aromatic carbocycles. The fourth-order valence-corrected chi connectivity index (χ4v) is 3.46. The minimum Gasteiger partial charge on any atom is -0.489 e. The van der Waals surface area contributed by atoms with E-state index in [1.165, 1.54) is 5.56 Å². The Morgan fingerprint density at radius 3 is 2.63 bits per heavy atom. The summed E-state index contributed by atoms with van der Waals surface area (Å²) in [5.41, 5.74) is 2.40. The number of hydrogen-bond acceptors (Lipinski definition) is 5. The van der Waals surface area contributed by atoms with Gasteiger partial charge in [0, 0.05) is 58.0 Å². The van der Waals surface area contributed by atoms with Gasteiger partial charge in [0.2, 0.25) is 0 Å². The number of benzene rings is 1. The molecule has 1 saturated heterocycles. The van der Waals surface area contributed by atoms with Gasteiger partial charge in [-0.3, -0.25) is 9.88 Å². The quantitative estimate of drug-likeness (QED) is 0.729. The average molecular weight is 363 g/mol. The van der Waals surface area contributed by atoms with Crippen LogP contribution in [-0.2, 0) is 20.2 Å². The number of aromatic nitrogens is 3. The van der Waals surface area contributed by atoms with Crippen LogP contribution in [0.2, 0.25) is 0 Å². The van der Waals surface area contributed by atoms with Crippen molar-refractivity contribution in [3.05, 3.63) is 78.1 Å². The van der Waals surface area contributed by atoms with Crippen molar-refractivity contribution in [3.8, 4) is 5.75 Å². The molecule has 3 aromatic rings. The van der Waals surface area contributed by atoms with Gasteiger partial charge >= 0.3 is 0 Å². The smallest absolute Gasteiger partial charge is 0.127 e. The molecular weight excluding hydrogens is 338 g/mol. The highest BCUT2D eigenvalue weighted by atomic mass is 16.5. The van der Waals surface area contributed by atoms with Crippen LogP contribution in [0.15, 0.2) is 61.2 Å². The molecule has 0 saturated carbocycles. The summed E-state index contributed by atoms with van der Waals surface area (Å²) < 4.78 is 7.98. The third-order valence-corrected chi connectivity index (χ3v) is 4.97. The molecule has 0 amide bonds. The van der Waals surface area contributed by atoms with Crippen LogP contribution in [0.25, 0.3) is 0 Å². The van der Waals surface area contributed by atoms with Crippen LogP contribution in [0, 0.1) is 0 Å². The van der Waals surface area contributed by atoms with Gasteiger partial charge in [-0.2, -0.15) is 0 Å². The molecule has 4 rings (SSSR count). The SMILES string of the molecule is Cn1ccnc1C1CNCCN1Cc1ccc(OCc2ccncc2)cc1. The normalized spacial score (nSPS) is 17.7. The molecule has 140 valence electrons. The van der Waals surface area contributed by atoms with E-state index in [2.05, 4.69) is 56.1 Å². The van der Waals surface area contributed by atoms with Gasteiger partial charge in [-0.15, -0.1) is 0 Å². The minimum atomic E-state index is 0.293. The molecule has 0 radical (unpaired) electrons. The summed E-state index contributed by atoms with van der Waals surface area (Å²) in [7, 11) is 2.06. The predicted octanol–water partition coefficient (Wildman–Crippen LogP) is 2.54. The Labute approximate surface area is 159 Å². The third kappa shape index (κ3) is 4.35. The number of nitrogens with zero attached hydrogens (tertiary/aromatic N) is 4. The molecule has 0 spiro atoms. The third-order valence-electron chi connectivity index (χ3n) is 4.97. The van der Waals surface area contributed by atoms with Gasteiger partial charge in [0.15, 0.2) is 0 Å². The Bertz CT molecular complexity index is 847. The van der Waals surface area contributed by atoms with Gasteiger partial charge in [-0.25, -0.2) is 4.98 Å². The molecule has 0 aliphatic carbocycles. The van der Waals surface area contributed by atoms with Crippen molar-refractivity contribution in [1.29, 1.82) is 0 Å². The molecule has 6 nitrogen and oxygen atoms in total. The Morgan fingerprint density at radius 1 is 1.07 bits per heavy atom. The summed E-state index contributed by atoms with van der Waals surface area (Å²) in [5.74, 6) is 2.00. The standard InChI is InChI=1S/C21H25N5O/c1-25-12-11-24-21(25)20-14-23-10-13-26(20)15-17-2-4-19(5-3-17)27-16-18-6-8-22-9-7-18/h2-9,11-12,20,23H,10,13-16H2,1H3. The number of pyridine rings is 1. The Kier molecular flexibility index (Phi) is 5.46. The Balaban J connectivity index is 1.39. The number of nitrogens with one attached hydrogen (secondary N) is 1. The molecule has 0 bridgehead atoms. The predicted molar refractivity (Wildman–Crippen MR) is 104 cm³/mol. The van der Waals surface area contributed by atoms with Crippen molar-refractivity contribution in [2.45, 2.75) is 19.2 Å². The van der Waals surface area contributed by atoms with Crippen molar-refractivity contribution >= 4 is 0 Å². The number of piperazine rings is 1. The van der Waals surface area contributed by atoms with E-state index in [1.807, 2.05) is 24.5 Å². The van der Waals surface area contributed by atoms with Gasteiger partial charge in [-0.1, -0.05) is 12.1 Å². The lowest BCUT2D eigenvalue weighted by Gasteiger charge is -2.35. The number of aryl methyl sites for hydroxylation is 1. The van der Waals surface area contributed by atoms with E-state index in [0.717, 1.165) is 43.3 Å². The average Bonchev–Trinajstić information content (AvgIpc) is 3.14. The first-order chi connectivity index (χ1) is 13.3. The van der Waals surface area contributed by atoms with E-state index in [9.17, 15) is 0 Å². The van der Waals surface area contributed by atoms with Crippen LogP contribution in [0.4, 0.5) is 0 Å². The van der Waals surface area contributed by atoms with Crippen molar-refractivity contribution in [2.24, 2.45) is 7.05 Å². The van der Waals surface area contributed by atoms with Crippen LogP contribution in [-0.4, -0.2) is 39.1 Å². The van der Waals surface area contributed by atoms with Crippen LogP contribution in [0.3, 0.4) is 0 Å². The maximum atomic E-state index is 5.87. The van der Waals surface area contributed by atoms with Crippen LogP contribution >= 0.6 is 0 Å². The molecule has 1 fully saturated rings. The topological polar surface area (TPSA) is 55.2 Å².